The maximum atomic E-state index is 12.5. The van der Waals surface area contributed by atoms with Crippen LogP contribution in [-0.2, 0) is 10.0 Å². The quantitative estimate of drug-likeness (QED) is 0.885. The third-order valence-electron chi connectivity index (χ3n) is 4.36. The number of hydrogen-bond donors (Lipinski definition) is 1. The maximum Gasteiger partial charge on any atom is 0.261 e. The number of methoxy groups -OCH3 is 1. The van der Waals surface area contributed by atoms with E-state index in [-0.39, 0.29) is 4.90 Å². The Morgan fingerprint density at radius 2 is 1.88 bits per heavy atom. The Hall–Kier alpha value is -2.28. The average molecular weight is 361 g/mol. The number of rotatable bonds is 5. The first-order valence-electron chi connectivity index (χ1n) is 8.38. The molecule has 2 aromatic rings. The number of nitrogens with zero attached hydrogens (tertiary/aromatic N) is 2. The zero-order chi connectivity index (χ0) is 17.9. The lowest BCUT2D eigenvalue weighted by Gasteiger charge is -2.27. The first-order chi connectivity index (χ1) is 12.0. The second-order valence-corrected chi connectivity index (χ2v) is 7.87. The van der Waals surface area contributed by atoms with Crippen LogP contribution in [0, 0.1) is 6.92 Å². The molecule has 2 heterocycles. The fraction of sp³-hybridized carbons (Fsp3) is 0.389. The fourth-order valence-corrected chi connectivity index (χ4v) is 4.12. The van der Waals surface area contributed by atoms with Gasteiger partial charge in [-0.3, -0.25) is 4.72 Å². The lowest BCUT2D eigenvalue weighted by Crippen LogP contribution is -2.30. The molecule has 0 atom stereocenters. The van der Waals surface area contributed by atoms with Crippen LogP contribution in [0.5, 0.6) is 5.75 Å². The van der Waals surface area contributed by atoms with Crippen molar-refractivity contribution in [3.8, 4) is 5.75 Å². The molecule has 0 radical (unpaired) electrons. The van der Waals surface area contributed by atoms with Gasteiger partial charge in [0, 0.05) is 13.1 Å². The van der Waals surface area contributed by atoms with E-state index in [2.05, 4.69) is 14.6 Å². The van der Waals surface area contributed by atoms with E-state index < -0.39 is 10.0 Å². The minimum atomic E-state index is -3.66. The zero-order valence-electron chi connectivity index (χ0n) is 14.5. The normalized spacial score (nSPS) is 15.0. The Kier molecular flexibility index (Phi) is 5.13. The molecular formula is C18H23N3O3S. The Morgan fingerprint density at radius 3 is 2.48 bits per heavy atom. The molecule has 0 bridgehead atoms. The summed E-state index contributed by atoms with van der Waals surface area (Å²) in [6.07, 6.45) is 5.17. The highest BCUT2D eigenvalue weighted by atomic mass is 32.2. The van der Waals surface area contributed by atoms with Gasteiger partial charge in [-0.1, -0.05) is 0 Å². The smallest absolute Gasteiger partial charge is 0.261 e. The van der Waals surface area contributed by atoms with Gasteiger partial charge in [0.05, 0.1) is 23.9 Å². The van der Waals surface area contributed by atoms with Crippen molar-refractivity contribution in [2.75, 3.05) is 29.8 Å². The Balaban J connectivity index is 1.75. The zero-order valence-corrected chi connectivity index (χ0v) is 15.3. The lowest BCUT2D eigenvalue weighted by atomic mass is 10.1. The molecule has 1 aliphatic heterocycles. The summed E-state index contributed by atoms with van der Waals surface area (Å²) in [6, 6.07) is 8.40. The highest BCUT2D eigenvalue weighted by Gasteiger charge is 2.17. The van der Waals surface area contributed by atoms with Crippen molar-refractivity contribution >= 4 is 21.5 Å². The monoisotopic (exact) mass is 361 g/mol. The van der Waals surface area contributed by atoms with Gasteiger partial charge in [0.1, 0.15) is 11.6 Å². The molecule has 0 aliphatic carbocycles. The topological polar surface area (TPSA) is 71.5 Å². The minimum Gasteiger partial charge on any atom is -0.496 e. The number of aromatic nitrogens is 1. The Bertz CT molecular complexity index is 829. The van der Waals surface area contributed by atoms with Crippen molar-refractivity contribution < 1.29 is 13.2 Å². The largest absolute Gasteiger partial charge is 0.496 e. The molecule has 0 spiro atoms. The van der Waals surface area contributed by atoms with E-state index in [1.165, 1.54) is 25.3 Å². The van der Waals surface area contributed by atoms with Crippen LogP contribution < -0.4 is 14.4 Å². The van der Waals surface area contributed by atoms with Gasteiger partial charge in [0.15, 0.2) is 0 Å². The minimum absolute atomic E-state index is 0.200. The van der Waals surface area contributed by atoms with Crippen LogP contribution in [0.25, 0.3) is 0 Å². The molecule has 25 heavy (non-hydrogen) atoms. The molecule has 134 valence electrons. The van der Waals surface area contributed by atoms with Crippen LogP contribution in [0.2, 0.25) is 0 Å². The molecule has 1 aliphatic rings. The van der Waals surface area contributed by atoms with E-state index in [0.29, 0.717) is 11.4 Å². The van der Waals surface area contributed by atoms with Crippen molar-refractivity contribution in [1.82, 2.24) is 4.98 Å². The molecule has 0 saturated carbocycles. The number of aryl methyl sites for hydroxylation is 1. The van der Waals surface area contributed by atoms with Crippen LogP contribution >= 0.6 is 0 Å². The second-order valence-electron chi connectivity index (χ2n) is 6.19. The molecule has 0 amide bonds. The molecular weight excluding hydrogens is 338 g/mol. The highest BCUT2D eigenvalue weighted by molar-refractivity contribution is 7.92. The van der Waals surface area contributed by atoms with E-state index in [1.54, 1.807) is 31.5 Å². The van der Waals surface area contributed by atoms with Gasteiger partial charge in [-0.15, -0.1) is 0 Å². The van der Waals surface area contributed by atoms with E-state index in [1.807, 2.05) is 13.0 Å². The summed E-state index contributed by atoms with van der Waals surface area (Å²) in [5.74, 6) is 1.55. The lowest BCUT2D eigenvalue weighted by molar-refractivity contribution is 0.411. The number of ether oxygens (including phenoxy) is 1. The molecule has 1 aromatic heterocycles. The van der Waals surface area contributed by atoms with Gasteiger partial charge < -0.3 is 9.64 Å². The summed E-state index contributed by atoms with van der Waals surface area (Å²) in [5.41, 5.74) is 1.22. The van der Waals surface area contributed by atoms with Crippen molar-refractivity contribution in [2.45, 2.75) is 31.1 Å². The summed E-state index contributed by atoms with van der Waals surface area (Å²) in [7, 11) is -2.10. The standard InChI is InChI=1S/C18H23N3O3S/c1-14-12-16(7-8-17(14)24-2)25(22,23)20-15-6-9-18(19-13-15)21-10-4-3-5-11-21/h6-9,12-13,20H,3-5,10-11H2,1-2H3. The highest BCUT2D eigenvalue weighted by Crippen LogP contribution is 2.24. The van der Waals surface area contributed by atoms with Crippen molar-refractivity contribution in [3.63, 3.8) is 0 Å². The molecule has 1 aromatic carbocycles. The van der Waals surface area contributed by atoms with Crippen LogP contribution in [0.3, 0.4) is 0 Å². The second kappa shape index (κ2) is 7.31. The van der Waals surface area contributed by atoms with Gasteiger partial charge in [-0.25, -0.2) is 13.4 Å². The maximum absolute atomic E-state index is 12.5. The number of benzene rings is 1. The van der Waals surface area contributed by atoms with Crippen molar-refractivity contribution in [2.24, 2.45) is 0 Å². The molecule has 7 heteroatoms. The van der Waals surface area contributed by atoms with Crippen LogP contribution in [0.1, 0.15) is 24.8 Å². The van der Waals surface area contributed by atoms with Crippen molar-refractivity contribution in [3.05, 3.63) is 42.1 Å². The molecule has 1 saturated heterocycles. The number of anilines is 2. The average Bonchev–Trinajstić information content (AvgIpc) is 2.62. The fourth-order valence-electron chi connectivity index (χ4n) is 2.99. The van der Waals surface area contributed by atoms with Crippen LogP contribution in [-0.4, -0.2) is 33.6 Å². The van der Waals surface area contributed by atoms with E-state index in [0.717, 1.165) is 24.5 Å². The molecule has 3 rings (SSSR count). The predicted molar refractivity (Wildman–Crippen MR) is 98.8 cm³/mol. The Morgan fingerprint density at radius 1 is 1.12 bits per heavy atom. The van der Waals surface area contributed by atoms with E-state index in [4.69, 9.17) is 4.74 Å². The van der Waals surface area contributed by atoms with Gasteiger partial charge in [-0.2, -0.15) is 0 Å². The van der Waals surface area contributed by atoms with Gasteiger partial charge in [-0.05, 0) is 62.1 Å². The first-order valence-corrected chi connectivity index (χ1v) is 9.86. The summed E-state index contributed by atoms with van der Waals surface area (Å²) in [4.78, 5) is 6.83. The number of sulfonamides is 1. The van der Waals surface area contributed by atoms with E-state index in [9.17, 15) is 8.42 Å². The SMILES string of the molecule is COc1ccc(S(=O)(=O)Nc2ccc(N3CCCCC3)nc2)cc1C. The summed E-state index contributed by atoms with van der Waals surface area (Å²) >= 11 is 0. The summed E-state index contributed by atoms with van der Waals surface area (Å²) in [6.45, 7) is 3.82. The molecule has 1 fully saturated rings. The number of nitrogens with one attached hydrogen (secondary N) is 1. The van der Waals surface area contributed by atoms with Crippen molar-refractivity contribution in [1.29, 1.82) is 0 Å². The number of pyridine rings is 1. The van der Waals surface area contributed by atoms with Crippen LogP contribution in [0.15, 0.2) is 41.4 Å². The van der Waals surface area contributed by atoms with Crippen LogP contribution in [0.4, 0.5) is 11.5 Å². The molecule has 0 unspecified atom stereocenters. The first kappa shape index (κ1) is 17.5. The molecule has 1 N–H and O–H groups in total. The third-order valence-corrected chi connectivity index (χ3v) is 5.74. The van der Waals surface area contributed by atoms with Gasteiger partial charge in [0.25, 0.3) is 10.0 Å². The van der Waals surface area contributed by atoms with E-state index >= 15 is 0 Å². The Labute approximate surface area is 148 Å². The van der Waals surface area contributed by atoms with Gasteiger partial charge >= 0.3 is 0 Å². The predicted octanol–water partition coefficient (Wildman–Crippen LogP) is 3.19. The number of hydrogen-bond acceptors (Lipinski definition) is 5. The summed E-state index contributed by atoms with van der Waals surface area (Å²) < 4.78 is 32.9. The number of piperidine rings is 1. The molecule has 6 nitrogen and oxygen atoms in total. The third kappa shape index (κ3) is 4.04. The summed E-state index contributed by atoms with van der Waals surface area (Å²) in [5, 5.41) is 0. The van der Waals surface area contributed by atoms with Gasteiger partial charge in [0.2, 0.25) is 0 Å².